The van der Waals surface area contributed by atoms with Gasteiger partial charge in [0.1, 0.15) is 12.4 Å². The Morgan fingerprint density at radius 1 is 1.11 bits per heavy atom. The Labute approximate surface area is 113 Å². The van der Waals surface area contributed by atoms with Crippen LogP contribution in [0.15, 0.2) is 42.5 Å². The number of methoxy groups -OCH3 is 1. The van der Waals surface area contributed by atoms with Crippen molar-refractivity contribution in [3.05, 3.63) is 53.7 Å². The van der Waals surface area contributed by atoms with E-state index in [0.717, 1.165) is 23.4 Å². The highest BCUT2D eigenvalue weighted by molar-refractivity contribution is 5.33. The predicted octanol–water partition coefficient (Wildman–Crippen LogP) is 2.17. The van der Waals surface area contributed by atoms with Crippen molar-refractivity contribution >= 4 is 0 Å². The first-order valence-electron chi connectivity index (χ1n) is 6.24. The van der Waals surface area contributed by atoms with Gasteiger partial charge in [0.25, 0.3) is 0 Å². The van der Waals surface area contributed by atoms with Crippen LogP contribution in [0.4, 0.5) is 0 Å². The smallest absolute Gasteiger partial charge is 0.213 e. The Hall–Kier alpha value is -2.07. The number of hydrogen-bond acceptors (Lipinski definition) is 4. The summed E-state index contributed by atoms with van der Waals surface area (Å²) in [7, 11) is 1.60. The van der Waals surface area contributed by atoms with Crippen molar-refractivity contribution in [2.45, 2.75) is 13.0 Å². The Morgan fingerprint density at radius 2 is 1.95 bits per heavy atom. The normalized spacial score (nSPS) is 10.2. The van der Waals surface area contributed by atoms with Gasteiger partial charge in [-0.1, -0.05) is 24.3 Å². The molecule has 100 valence electrons. The molecule has 19 heavy (non-hydrogen) atoms. The molecule has 1 heterocycles. The molecular formula is C15H18N2O2. The number of nitrogens with zero attached hydrogens (tertiary/aromatic N) is 1. The third kappa shape index (κ3) is 3.69. The fourth-order valence-corrected chi connectivity index (χ4v) is 1.81. The lowest BCUT2D eigenvalue weighted by Crippen LogP contribution is -2.06. The van der Waals surface area contributed by atoms with Crippen molar-refractivity contribution in [3.63, 3.8) is 0 Å². The maximum Gasteiger partial charge on any atom is 0.213 e. The molecule has 2 N–H and O–H groups in total. The van der Waals surface area contributed by atoms with Crippen molar-refractivity contribution < 1.29 is 9.47 Å². The quantitative estimate of drug-likeness (QED) is 0.862. The summed E-state index contributed by atoms with van der Waals surface area (Å²) < 4.78 is 10.9. The van der Waals surface area contributed by atoms with Gasteiger partial charge in [-0.05, 0) is 30.7 Å². The molecule has 0 saturated heterocycles. The molecule has 0 aliphatic rings. The van der Waals surface area contributed by atoms with Gasteiger partial charge in [-0.15, -0.1) is 0 Å². The minimum Gasteiger partial charge on any atom is -0.487 e. The Morgan fingerprint density at radius 3 is 2.74 bits per heavy atom. The Balaban J connectivity index is 2.05. The highest BCUT2D eigenvalue weighted by Crippen LogP contribution is 2.19. The van der Waals surface area contributed by atoms with E-state index in [4.69, 9.17) is 15.2 Å². The lowest BCUT2D eigenvalue weighted by atomic mass is 10.1. The van der Waals surface area contributed by atoms with Crippen molar-refractivity contribution in [2.75, 3.05) is 13.7 Å². The molecule has 2 rings (SSSR count). The van der Waals surface area contributed by atoms with E-state index in [1.165, 1.54) is 0 Å². The molecule has 0 atom stereocenters. The molecule has 0 fully saturated rings. The van der Waals surface area contributed by atoms with Crippen LogP contribution in [0.3, 0.4) is 0 Å². The molecule has 4 heteroatoms. The van der Waals surface area contributed by atoms with Crippen LogP contribution in [-0.4, -0.2) is 18.6 Å². The molecule has 2 aromatic rings. The van der Waals surface area contributed by atoms with Crippen molar-refractivity contribution in [1.29, 1.82) is 0 Å². The van der Waals surface area contributed by atoms with Crippen LogP contribution in [0.25, 0.3) is 0 Å². The van der Waals surface area contributed by atoms with Gasteiger partial charge in [0.2, 0.25) is 5.88 Å². The summed E-state index contributed by atoms with van der Waals surface area (Å²) >= 11 is 0. The number of hydrogen-bond donors (Lipinski definition) is 1. The summed E-state index contributed by atoms with van der Waals surface area (Å²) in [6.07, 6.45) is 0.807. The Kier molecular flexibility index (Phi) is 4.75. The summed E-state index contributed by atoms with van der Waals surface area (Å²) in [6, 6.07) is 13.5. The number of rotatable bonds is 6. The predicted molar refractivity (Wildman–Crippen MR) is 74.3 cm³/mol. The van der Waals surface area contributed by atoms with Crippen LogP contribution in [-0.2, 0) is 13.0 Å². The monoisotopic (exact) mass is 258 g/mol. The summed E-state index contributed by atoms with van der Waals surface area (Å²) in [6.45, 7) is 1.02. The van der Waals surface area contributed by atoms with Crippen molar-refractivity contribution in [1.82, 2.24) is 4.98 Å². The van der Waals surface area contributed by atoms with Crippen LogP contribution >= 0.6 is 0 Å². The van der Waals surface area contributed by atoms with E-state index in [0.29, 0.717) is 19.0 Å². The number of pyridine rings is 1. The van der Waals surface area contributed by atoms with Gasteiger partial charge in [-0.2, -0.15) is 0 Å². The molecule has 0 bridgehead atoms. The first kappa shape index (κ1) is 13.4. The number of aromatic nitrogens is 1. The lowest BCUT2D eigenvalue weighted by molar-refractivity contribution is 0.295. The summed E-state index contributed by atoms with van der Waals surface area (Å²) in [5.41, 5.74) is 7.54. The first-order valence-corrected chi connectivity index (χ1v) is 6.24. The SMILES string of the molecule is COc1cccc(COc2ccccc2CCN)n1. The number of nitrogens with two attached hydrogens (primary N) is 1. The first-order chi connectivity index (χ1) is 9.33. The number of ether oxygens (including phenoxy) is 2. The molecule has 4 nitrogen and oxygen atoms in total. The molecule has 0 amide bonds. The number of benzene rings is 1. The molecule has 0 aliphatic carbocycles. The van der Waals surface area contributed by atoms with Crippen LogP contribution in [0.2, 0.25) is 0 Å². The van der Waals surface area contributed by atoms with E-state index >= 15 is 0 Å². The molecule has 0 radical (unpaired) electrons. The third-order valence-corrected chi connectivity index (χ3v) is 2.75. The van der Waals surface area contributed by atoms with E-state index in [2.05, 4.69) is 4.98 Å². The molecule has 0 spiro atoms. The van der Waals surface area contributed by atoms with Crippen molar-refractivity contribution in [3.8, 4) is 11.6 Å². The summed E-state index contributed by atoms with van der Waals surface area (Å²) in [4.78, 5) is 4.31. The minimum absolute atomic E-state index is 0.415. The third-order valence-electron chi connectivity index (χ3n) is 2.75. The molecule has 0 aliphatic heterocycles. The second-order valence-electron chi connectivity index (χ2n) is 4.11. The van der Waals surface area contributed by atoms with Gasteiger partial charge in [-0.3, -0.25) is 0 Å². The zero-order chi connectivity index (χ0) is 13.5. The maximum absolute atomic E-state index is 5.80. The van der Waals surface area contributed by atoms with E-state index in [1.807, 2.05) is 42.5 Å². The molecule has 1 aromatic heterocycles. The fraction of sp³-hybridized carbons (Fsp3) is 0.267. The number of para-hydroxylation sites is 1. The second kappa shape index (κ2) is 6.75. The highest BCUT2D eigenvalue weighted by atomic mass is 16.5. The van der Waals surface area contributed by atoms with E-state index in [-0.39, 0.29) is 0 Å². The molecular weight excluding hydrogens is 240 g/mol. The topological polar surface area (TPSA) is 57.4 Å². The van der Waals surface area contributed by atoms with Crippen LogP contribution in [0.1, 0.15) is 11.3 Å². The average Bonchev–Trinajstić information content (AvgIpc) is 2.47. The zero-order valence-electron chi connectivity index (χ0n) is 11.0. The zero-order valence-corrected chi connectivity index (χ0v) is 11.0. The molecule has 0 saturated carbocycles. The van der Waals surface area contributed by atoms with Gasteiger partial charge in [-0.25, -0.2) is 4.98 Å². The van der Waals surface area contributed by atoms with Gasteiger partial charge in [0.05, 0.1) is 12.8 Å². The van der Waals surface area contributed by atoms with Crippen LogP contribution in [0, 0.1) is 0 Å². The lowest BCUT2D eigenvalue weighted by Gasteiger charge is -2.10. The van der Waals surface area contributed by atoms with Gasteiger partial charge in [0.15, 0.2) is 0 Å². The van der Waals surface area contributed by atoms with Crippen LogP contribution < -0.4 is 15.2 Å². The largest absolute Gasteiger partial charge is 0.487 e. The van der Waals surface area contributed by atoms with Crippen LogP contribution in [0.5, 0.6) is 11.6 Å². The van der Waals surface area contributed by atoms with Gasteiger partial charge < -0.3 is 15.2 Å². The van der Waals surface area contributed by atoms with Crippen molar-refractivity contribution in [2.24, 2.45) is 5.73 Å². The fourth-order valence-electron chi connectivity index (χ4n) is 1.81. The maximum atomic E-state index is 5.80. The van der Waals surface area contributed by atoms with E-state index in [9.17, 15) is 0 Å². The molecule has 0 unspecified atom stereocenters. The summed E-state index contributed by atoms with van der Waals surface area (Å²) in [5, 5.41) is 0. The minimum atomic E-state index is 0.415. The second-order valence-corrected chi connectivity index (χ2v) is 4.11. The van der Waals surface area contributed by atoms with Gasteiger partial charge >= 0.3 is 0 Å². The summed E-state index contributed by atoms with van der Waals surface area (Å²) in [5.74, 6) is 1.45. The highest BCUT2D eigenvalue weighted by Gasteiger charge is 2.03. The van der Waals surface area contributed by atoms with Gasteiger partial charge in [0, 0.05) is 6.07 Å². The molecule has 1 aromatic carbocycles. The van der Waals surface area contributed by atoms with E-state index < -0.39 is 0 Å². The standard InChI is InChI=1S/C15H18N2O2/c1-18-15-8-4-6-13(17-15)11-19-14-7-3-2-5-12(14)9-10-16/h2-8H,9-11,16H2,1H3. The average molecular weight is 258 g/mol. The Bertz CT molecular complexity index is 529. The van der Waals surface area contributed by atoms with E-state index in [1.54, 1.807) is 7.11 Å².